The summed E-state index contributed by atoms with van der Waals surface area (Å²) in [5.41, 5.74) is 0. The fourth-order valence-electron chi connectivity index (χ4n) is 0.866. The van der Waals surface area contributed by atoms with Crippen LogP contribution in [0.1, 0.15) is 19.8 Å². The lowest BCUT2D eigenvalue weighted by Gasteiger charge is -2.14. The van der Waals surface area contributed by atoms with Crippen molar-refractivity contribution in [2.45, 2.75) is 25.8 Å². The van der Waals surface area contributed by atoms with Crippen LogP contribution in [0, 0.1) is 0 Å². The van der Waals surface area contributed by atoms with E-state index in [9.17, 15) is 0 Å². The molecule has 0 saturated carbocycles. The second-order valence-corrected chi connectivity index (χ2v) is 3.60. The fourth-order valence-corrected chi connectivity index (χ4v) is 1.39. The number of hydrogen-bond donors (Lipinski definition) is 2. The Kier molecular flexibility index (Phi) is 8.57. The van der Waals surface area contributed by atoms with Crippen molar-refractivity contribution < 1.29 is 5.11 Å². The first kappa shape index (κ1) is 11.3. The van der Waals surface area contributed by atoms with Gasteiger partial charge in [0.25, 0.3) is 0 Å². The number of rotatable bonds is 7. The van der Waals surface area contributed by atoms with Crippen molar-refractivity contribution in [2.24, 2.45) is 0 Å². The van der Waals surface area contributed by atoms with Crippen LogP contribution < -0.4 is 5.32 Å². The molecule has 0 amide bonds. The van der Waals surface area contributed by atoms with E-state index in [0.717, 1.165) is 25.1 Å². The molecule has 0 aromatic rings. The van der Waals surface area contributed by atoms with Gasteiger partial charge in [0.15, 0.2) is 0 Å². The number of nitrogens with one attached hydrogen (secondary N) is 1. The predicted molar refractivity (Wildman–Crippen MR) is 52.2 cm³/mol. The summed E-state index contributed by atoms with van der Waals surface area (Å²) in [7, 11) is 0. The summed E-state index contributed by atoms with van der Waals surface area (Å²) in [5, 5.41) is 12.2. The van der Waals surface area contributed by atoms with Crippen LogP contribution in [0.15, 0.2) is 0 Å². The Morgan fingerprint density at radius 1 is 1.55 bits per heavy atom. The molecule has 0 aliphatic heterocycles. The highest BCUT2D eigenvalue weighted by Crippen LogP contribution is 1.99. The minimum Gasteiger partial charge on any atom is -0.395 e. The second-order valence-electron chi connectivity index (χ2n) is 2.62. The van der Waals surface area contributed by atoms with E-state index in [1.54, 1.807) is 0 Å². The highest BCUT2D eigenvalue weighted by molar-refractivity contribution is 7.98. The summed E-state index contributed by atoms with van der Waals surface area (Å²) in [6.07, 6.45) is 4.29. The van der Waals surface area contributed by atoms with E-state index >= 15 is 0 Å². The minimum absolute atomic E-state index is 0.264. The summed E-state index contributed by atoms with van der Waals surface area (Å²) >= 11 is 1.83. The lowest BCUT2D eigenvalue weighted by atomic mass is 10.2. The number of aliphatic hydroxyl groups is 1. The fraction of sp³-hybridized carbons (Fsp3) is 1.00. The Morgan fingerprint density at radius 3 is 2.73 bits per heavy atom. The Hall–Kier alpha value is 0.270. The molecule has 0 aliphatic rings. The molecule has 1 unspecified atom stereocenters. The molecule has 0 spiro atoms. The molecule has 1 atom stereocenters. The van der Waals surface area contributed by atoms with Crippen LogP contribution in [-0.2, 0) is 0 Å². The second kappa shape index (κ2) is 8.37. The quantitative estimate of drug-likeness (QED) is 0.611. The van der Waals surface area contributed by atoms with Crippen LogP contribution in [0.4, 0.5) is 0 Å². The average molecular weight is 177 g/mol. The number of aliphatic hydroxyl groups excluding tert-OH is 1. The lowest BCUT2D eigenvalue weighted by molar-refractivity contribution is 0.240. The van der Waals surface area contributed by atoms with E-state index in [-0.39, 0.29) is 6.61 Å². The zero-order chi connectivity index (χ0) is 8.53. The van der Waals surface area contributed by atoms with Crippen molar-refractivity contribution in [1.82, 2.24) is 5.32 Å². The highest BCUT2D eigenvalue weighted by atomic mass is 32.2. The molecule has 11 heavy (non-hydrogen) atoms. The van der Waals surface area contributed by atoms with E-state index in [4.69, 9.17) is 5.11 Å². The van der Waals surface area contributed by atoms with Gasteiger partial charge in [-0.2, -0.15) is 11.8 Å². The van der Waals surface area contributed by atoms with Crippen LogP contribution in [-0.4, -0.2) is 36.3 Å². The van der Waals surface area contributed by atoms with Crippen molar-refractivity contribution in [3.05, 3.63) is 0 Å². The summed E-state index contributed by atoms with van der Waals surface area (Å²) in [5.74, 6) is 1.13. The van der Waals surface area contributed by atoms with Crippen LogP contribution in [0.5, 0.6) is 0 Å². The summed E-state index contributed by atoms with van der Waals surface area (Å²) in [4.78, 5) is 0. The van der Waals surface area contributed by atoms with Crippen LogP contribution in [0.3, 0.4) is 0 Å². The van der Waals surface area contributed by atoms with Gasteiger partial charge in [0.05, 0.1) is 6.61 Å². The van der Waals surface area contributed by atoms with E-state index in [1.165, 1.54) is 0 Å². The van der Waals surface area contributed by atoms with Gasteiger partial charge >= 0.3 is 0 Å². The largest absolute Gasteiger partial charge is 0.395 e. The van der Waals surface area contributed by atoms with E-state index in [0.29, 0.717) is 6.04 Å². The molecule has 0 rings (SSSR count). The predicted octanol–water partition coefficient (Wildman–Crippen LogP) is 1.10. The minimum atomic E-state index is 0.264. The lowest BCUT2D eigenvalue weighted by Crippen LogP contribution is -2.33. The van der Waals surface area contributed by atoms with Gasteiger partial charge in [0.2, 0.25) is 0 Å². The Morgan fingerprint density at radius 2 is 2.27 bits per heavy atom. The van der Waals surface area contributed by atoms with Gasteiger partial charge in [-0.05, 0) is 31.4 Å². The zero-order valence-corrected chi connectivity index (χ0v) is 8.28. The molecule has 2 nitrogen and oxygen atoms in total. The van der Waals surface area contributed by atoms with Gasteiger partial charge in [0, 0.05) is 6.04 Å². The summed E-state index contributed by atoms with van der Waals surface area (Å²) in [6, 6.07) is 0.308. The first-order chi connectivity index (χ1) is 5.35. The first-order valence-corrected chi connectivity index (χ1v) is 5.57. The van der Waals surface area contributed by atoms with Crippen molar-refractivity contribution in [3.8, 4) is 0 Å². The maximum atomic E-state index is 8.91. The normalized spacial score (nSPS) is 13.4. The van der Waals surface area contributed by atoms with Gasteiger partial charge in [-0.1, -0.05) is 6.92 Å². The molecule has 2 N–H and O–H groups in total. The van der Waals surface area contributed by atoms with Crippen LogP contribution >= 0.6 is 11.8 Å². The number of thioether (sulfide) groups is 1. The molecule has 68 valence electrons. The van der Waals surface area contributed by atoms with Gasteiger partial charge < -0.3 is 10.4 Å². The molecule has 0 saturated heterocycles. The molecule has 0 aliphatic carbocycles. The van der Waals surface area contributed by atoms with Gasteiger partial charge in [-0.3, -0.25) is 0 Å². The standard InChI is InChI=1S/C8H19NOS/c1-3-5-9-8(7-10)4-6-11-2/h8-10H,3-7H2,1-2H3. The van der Waals surface area contributed by atoms with Crippen molar-refractivity contribution in [3.63, 3.8) is 0 Å². The third-order valence-electron chi connectivity index (χ3n) is 1.57. The third kappa shape index (κ3) is 6.66. The third-order valence-corrected chi connectivity index (χ3v) is 2.22. The van der Waals surface area contributed by atoms with E-state index in [1.807, 2.05) is 11.8 Å². The van der Waals surface area contributed by atoms with Crippen molar-refractivity contribution >= 4 is 11.8 Å². The molecular formula is C8H19NOS. The Balaban J connectivity index is 3.25. The number of hydrogen-bond acceptors (Lipinski definition) is 3. The summed E-state index contributed by atoms with van der Waals surface area (Å²) < 4.78 is 0. The molecule has 0 radical (unpaired) electrons. The van der Waals surface area contributed by atoms with Gasteiger partial charge in [-0.25, -0.2) is 0 Å². The van der Waals surface area contributed by atoms with Crippen molar-refractivity contribution in [1.29, 1.82) is 0 Å². The van der Waals surface area contributed by atoms with Crippen molar-refractivity contribution in [2.75, 3.05) is 25.2 Å². The maximum absolute atomic E-state index is 8.91. The Labute approximate surface area is 73.8 Å². The van der Waals surface area contributed by atoms with Crippen LogP contribution in [0.2, 0.25) is 0 Å². The highest BCUT2D eigenvalue weighted by Gasteiger charge is 2.03. The molecule has 0 aromatic heterocycles. The zero-order valence-electron chi connectivity index (χ0n) is 7.47. The summed E-state index contributed by atoms with van der Waals surface area (Å²) in [6.45, 7) is 3.41. The van der Waals surface area contributed by atoms with Crippen LogP contribution in [0.25, 0.3) is 0 Å². The molecular weight excluding hydrogens is 158 g/mol. The SMILES string of the molecule is CCCNC(CO)CCSC. The average Bonchev–Trinajstić information content (AvgIpc) is 2.05. The molecule has 3 heteroatoms. The monoisotopic (exact) mass is 177 g/mol. The van der Waals surface area contributed by atoms with E-state index in [2.05, 4.69) is 18.5 Å². The van der Waals surface area contributed by atoms with Gasteiger partial charge in [0.1, 0.15) is 0 Å². The Bertz CT molecular complexity index is 72.5. The smallest absolute Gasteiger partial charge is 0.0584 e. The topological polar surface area (TPSA) is 32.3 Å². The first-order valence-electron chi connectivity index (χ1n) is 4.18. The molecule has 0 fully saturated rings. The van der Waals surface area contributed by atoms with Gasteiger partial charge in [-0.15, -0.1) is 0 Å². The maximum Gasteiger partial charge on any atom is 0.0584 e. The molecule has 0 heterocycles. The molecule has 0 bridgehead atoms. The molecule has 0 aromatic carbocycles. The van der Waals surface area contributed by atoms with E-state index < -0.39 is 0 Å².